The Kier molecular flexibility index (Phi) is 6.49. The van der Waals surface area contributed by atoms with E-state index in [1.807, 2.05) is 13.8 Å². The summed E-state index contributed by atoms with van der Waals surface area (Å²) in [5.41, 5.74) is -0.815. The summed E-state index contributed by atoms with van der Waals surface area (Å²) < 4.78 is 0. The van der Waals surface area contributed by atoms with Gasteiger partial charge in [-0.1, -0.05) is 13.3 Å². The van der Waals surface area contributed by atoms with Crippen LogP contribution in [0.2, 0.25) is 0 Å². The number of amides is 5. The molecule has 2 aliphatic heterocycles. The number of likely N-dealkylation sites (tertiary alicyclic amines) is 1. The van der Waals surface area contributed by atoms with E-state index in [0.717, 1.165) is 24.2 Å². The average molecular weight is 407 g/mol. The molecule has 0 atom stereocenters. The first kappa shape index (κ1) is 21.6. The standard InChI is InChI=1S/C21H34N4O4/c1-4-15-5-9-21(10-6-15)19(28)25(20(29)23-21)13-17(26)24-11-7-16(8-12-24)18(27)22-14(2)3/h14-16H,4-13H2,1-3H3,(H,22,27)(H,23,29). The van der Waals surface area contributed by atoms with Crippen LogP contribution >= 0.6 is 0 Å². The van der Waals surface area contributed by atoms with Crippen LogP contribution in [0.5, 0.6) is 0 Å². The Balaban J connectivity index is 1.53. The molecular weight excluding hydrogens is 372 g/mol. The van der Waals surface area contributed by atoms with Gasteiger partial charge in [0.25, 0.3) is 5.91 Å². The molecule has 5 amide bonds. The first-order chi connectivity index (χ1) is 13.8. The van der Waals surface area contributed by atoms with E-state index in [1.54, 1.807) is 4.90 Å². The van der Waals surface area contributed by atoms with Crippen LogP contribution in [0.4, 0.5) is 4.79 Å². The van der Waals surface area contributed by atoms with Crippen molar-refractivity contribution in [3.05, 3.63) is 0 Å². The number of hydrogen-bond donors (Lipinski definition) is 2. The highest BCUT2D eigenvalue weighted by molar-refractivity contribution is 6.09. The van der Waals surface area contributed by atoms with E-state index in [4.69, 9.17) is 0 Å². The fourth-order valence-electron chi connectivity index (χ4n) is 4.77. The third-order valence-electron chi connectivity index (χ3n) is 6.72. The van der Waals surface area contributed by atoms with Gasteiger partial charge in [0.2, 0.25) is 11.8 Å². The van der Waals surface area contributed by atoms with Crippen molar-refractivity contribution in [3.63, 3.8) is 0 Å². The maximum absolute atomic E-state index is 13.0. The molecule has 0 aromatic heterocycles. The molecule has 0 radical (unpaired) electrons. The van der Waals surface area contributed by atoms with E-state index in [2.05, 4.69) is 17.6 Å². The smallest absolute Gasteiger partial charge is 0.325 e. The number of rotatable bonds is 5. The zero-order chi connectivity index (χ0) is 21.2. The number of hydrogen-bond acceptors (Lipinski definition) is 4. The van der Waals surface area contributed by atoms with Crippen molar-refractivity contribution in [2.75, 3.05) is 19.6 Å². The fraction of sp³-hybridized carbons (Fsp3) is 0.810. The van der Waals surface area contributed by atoms with Gasteiger partial charge in [-0.15, -0.1) is 0 Å². The molecule has 2 heterocycles. The van der Waals surface area contributed by atoms with Crippen molar-refractivity contribution in [2.24, 2.45) is 11.8 Å². The molecule has 8 nitrogen and oxygen atoms in total. The van der Waals surface area contributed by atoms with Crippen molar-refractivity contribution in [3.8, 4) is 0 Å². The van der Waals surface area contributed by atoms with Crippen LogP contribution in [0.25, 0.3) is 0 Å². The van der Waals surface area contributed by atoms with Crippen molar-refractivity contribution >= 4 is 23.8 Å². The molecular formula is C21H34N4O4. The summed E-state index contributed by atoms with van der Waals surface area (Å²) in [5.74, 6) is 0.0725. The number of nitrogens with zero attached hydrogens (tertiary/aromatic N) is 2. The molecule has 29 heavy (non-hydrogen) atoms. The lowest BCUT2D eigenvalue weighted by molar-refractivity contribution is -0.141. The second kappa shape index (κ2) is 8.71. The maximum Gasteiger partial charge on any atom is 0.325 e. The van der Waals surface area contributed by atoms with E-state index >= 15 is 0 Å². The minimum atomic E-state index is -0.815. The highest BCUT2D eigenvalue weighted by Crippen LogP contribution is 2.37. The molecule has 0 aromatic rings. The van der Waals surface area contributed by atoms with E-state index in [-0.39, 0.29) is 36.2 Å². The topological polar surface area (TPSA) is 98.8 Å². The Bertz CT molecular complexity index is 662. The first-order valence-corrected chi connectivity index (χ1v) is 11.0. The van der Waals surface area contributed by atoms with E-state index in [1.165, 1.54) is 0 Å². The van der Waals surface area contributed by atoms with Crippen molar-refractivity contribution in [2.45, 2.75) is 77.3 Å². The summed E-state index contributed by atoms with van der Waals surface area (Å²) >= 11 is 0. The van der Waals surface area contributed by atoms with Gasteiger partial charge in [-0.25, -0.2) is 4.79 Å². The number of nitrogens with one attached hydrogen (secondary N) is 2. The molecule has 8 heteroatoms. The number of urea groups is 1. The highest BCUT2D eigenvalue weighted by Gasteiger charge is 2.52. The summed E-state index contributed by atoms with van der Waals surface area (Å²) in [6.45, 7) is 6.74. The molecule has 1 saturated carbocycles. The largest absolute Gasteiger partial charge is 0.354 e. The highest BCUT2D eigenvalue weighted by atomic mass is 16.2. The normalized spacial score (nSPS) is 28.2. The minimum absolute atomic E-state index is 0.0332. The summed E-state index contributed by atoms with van der Waals surface area (Å²) in [6, 6.07) is -0.355. The van der Waals surface area contributed by atoms with Crippen LogP contribution in [0.1, 0.15) is 65.7 Å². The van der Waals surface area contributed by atoms with Gasteiger partial charge < -0.3 is 15.5 Å². The van der Waals surface area contributed by atoms with Crippen molar-refractivity contribution < 1.29 is 19.2 Å². The summed E-state index contributed by atoms with van der Waals surface area (Å²) in [7, 11) is 0. The number of carbonyl (C=O) groups excluding carboxylic acids is 4. The van der Waals surface area contributed by atoms with Crippen LogP contribution in [-0.4, -0.2) is 64.8 Å². The SMILES string of the molecule is CCC1CCC2(CC1)NC(=O)N(CC(=O)N1CCC(C(=O)NC(C)C)CC1)C2=O. The zero-order valence-corrected chi connectivity index (χ0v) is 17.8. The molecule has 0 aromatic carbocycles. The molecule has 0 unspecified atom stereocenters. The van der Waals surface area contributed by atoms with E-state index in [0.29, 0.717) is 44.7 Å². The lowest BCUT2D eigenvalue weighted by Crippen LogP contribution is -2.50. The predicted octanol–water partition coefficient (Wildman–Crippen LogP) is 1.64. The Hall–Kier alpha value is -2.12. The lowest BCUT2D eigenvalue weighted by Gasteiger charge is -2.35. The van der Waals surface area contributed by atoms with E-state index < -0.39 is 11.6 Å². The monoisotopic (exact) mass is 406 g/mol. The Morgan fingerprint density at radius 3 is 2.31 bits per heavy atom. The first-order valence-electron chi connectivity index (χ1n) is 11.0. The van der Waals surface area contributed by atoms with Gasteiger partial charge in [0.05, 0.1) is 0 Å². The van der Waals surface area contributed by atoms with Crippen LogP contribution in [0, 0.1) is 11.8 Å². The minimum Gasteiger partial charge on any atom is -0.354 e. The quantitative estimate of drug-likeness (QED) is 0.678. The van der Waals surface area contributed by atoms with Gasteiger partial charge in [-0.2, -0.15) is 0 Å². The third-order valence-corrected chi connectivity index (χ3v) is 6.72. The Morgan fingerprint density at radius 1 is 1.14 bits per heavy atom. The Labute approximate surface area is 172 Å². The summed E-state index contributed by atoms with van der Waals surface area (Å²) in [4.78, 5) is 53.0. The zero-order valence-electron chi connectivity index (χ0n) is 17.8. The molecule has 3 aliphatic rings. The van der Waals surface area contributed by atoms with Crippen LogP contribution in [0.15, 0.2) is 0 Å². The molecule has 162 valence electrons. The molecule has 1 spiro atoms. The number of imide groups is 1. The molecule has 3 fully saturated rings. The van der Waals surface area contributed by atoms with Crippen LogP contribution in [-0.2, 0) is 14.4 Å². The summed E-state index contributed by atoms with van der Waals surface area (Å²) in [6.07, 6.45) is 5.45. The van der Waals surface area contributed by atoms with Gasteiger partial charge in [0, 0.05) is 25.0 Å². The second-order valence-corrected chi connectivity index (χ2v) is 9.07. The van der Waals surface area contributed by atoms with Crippen LogP contribution in [0.3, 0.4) is 0 Å². The third kappa shape index (κ3) is 4.56. The molecule has 2 N–H and O–H groups in total. The molecule has 0 bridgehead atoms. The van der Waals surface area contributed by atoms with E-state index in [9.17, 15) is 19.2 Å². The van der Waals surface area contributed by atoms with Gasteiger partial charge >= 0.3 is 6.03 Å². The lowest BCUT2D eigenvalue weighted by atomic mass is 9.75. The molecule has 1 aliphatic carbocycles. The second-order valence-electron chi connectivity index (χ2n) is 9.07. The number of carbonyl (C=O) groups is 4. The average Bonchev–Trinajstić information content (AvgIpc) is 2.92. The van der Waals surface area contributed by atoms with Gasteiger partial charge in [-0.3, -0.25) is 19.3 Å². The Morgan fingerprint density at radius 2 is 1.76 bits per heavy atom. The molecule has 3 rings (SSSR count). The van der Waals surface area contributed by atoms with Crippen molar-refractivity contribution in [1.82, 2.24) is 20.4 Å². The van der Waals surface area contributed by atoms with Gasteiger partial charge in [0.15, 0.2) is 0 Å². The van der Waals surface area contributed by atoms with Gasteiger partial charge in [-0.05, 0) is 58.3 Å². The van der Waals surface area contributed by atoms with Gasteiger partial charge in [0.1, 0.15) is 12.1 Å². The van der Waals surface area contributed by atoms with Crippen LogP contribution < -0.4 is 10.6 Å². The predicted molar refractivity (Wildman–Crippen MR) is 108 cm³/mol. The summed E-state index contributed by atoms with van der Waals surface area (Å²) in [5, 5.41) is 5.79. The maximum atomic E-state index is 13.0. The number of piperidine rings is 1. The van der Waals surface area contributed by atoms with Crippen molar-refractivity contribution in [1.29, 1.82) is 0 Å². The fourth-order valence-corrected chi connectivity index (χ4v) is 4.77. The molecule has 2 saturated heterocycles.